The number of aromatic nitrogens is 2. The van der Waals surface area contributed by atoms with E-state index in [0.717, 1.165) is 24.0 Å². The maximum Gasteiger partial charge on any atom is 0.320 e. The van der Waals surface area contributed by atoms with Gasteiger partial charge in [0.15, 0.2) is 5.03 Å². The van der Waals surface area contributed by atoms with E-state index in [2.05, 4.69) is 15.3 Å². The minimum atomic E-state index is -0.811. The number of anilines is 1. The Morgan fingerprint density at radius 2 is 2.15 bits per heavy atom. The van der Waals surface area contributed by atoms with Gasteiger partial charge in [0.25, 0.3) is 0 Å². The molecule has 0 bridgehead atoms. The van der Waals surface area contributed by atoms with Crippen molar-refractivity contribution in [3.05, 3.63) is 46.1 Å². The molecule has 0 atom stereocenters. The summed E-state index contributed by atoms with van der Waals surface area (Å²) in [5.74, 6) is -1.37. The van der Waals surface area contributed by atoms with Gasteiger partial charge in [0.05, 0.1) is 4.92 Å². The van der Waals surface area contributed by atoms with Crippen LogP contribution in [0.1, 0.15) is 0 Å². The summed E-state index contributed by atoms with van der Waals surface area (Å²) in [7, 11) is 1.55. The molecule has 1 N–H and O–H groups in total. The van der Waals surface area contributed by atoms with Crippen molar-refractivity contribution in [2.45, 2.75) is 9.92 Å². The molecule has 1 aromatic carbocycles. The lowest BCUT2D eigenvalue weighted by molar-refractivity contribution is -0.388. The SMILES string of the molecule is CNc1ncc([N+](=O)[O-])c(Sc2ccc(F)cc2F)n1. The molecule has 0 saturated carbocycles. The first-order valence-corrected chi connectivity index (χ1v) is 6.15. The zero-order chi connectivity index (χ0) is 14.7. The predicted molar refractivity (Wildman–Crippen MR) is 68.7 cm³/mol. The predicted octanol–water partition coefficient (Wildman–Crippen LogP) is 2.86. The Labute approximate surface area is 116 Å². The van der Waals surface area contributed by atoms with Crippen LogP contribution in [0.3, 0.4) is 0 Å². The van der Waals surface area contributed by atoms with Crippen molar-refractivity contribution < 1.29 is 13.7 Å². The van der Waals surface area contributed by atoms with Crippen molar-refractivity contribution >= 4 is 23.4 Å². The molecule has 0 aliphatic heterocycles. The van der Waals surface area contributed by atoms with Crippen LogP contribution in [-0.4, -0.2) is 21.9 Å². The largest absolute Gasteiger partial charge is 0.357 e. The third-order valence-electron chi connectivity index (χ3n) is 2.26. The van der Waals surface area contributed by atoms with Gasteiger partial charge in [-0.15, -0.1) is 0 Å². The summed E-state index contributed by atoms with van der Waals surface area (Å²) in [4.78, 5) is 17.9. The van der Waals surface area contributed by atoms with Crippen molar-refractivity contribution in [3.8, 4) is 0 Å². The standard InChI is InChI=1S/C11H8F2N4O2S/c1-14-11-15-5-8(17(18)19)10(16-11)20-9-3-2-6(12)4-7(9)13/h2-5H,1H3,(H,14,15,16). The van der Waals surface area contributed by atoms with E-state index in [9.17, 15) is 18.9 Å². The normalized spacial score (nSPS) is 10.3. The Bertz CT molecular complexity index is 669. The minimum absolute atomic E-state index is 0.0279. The van der Waals surface area contributed by atoms with Crippen LogP contribution in [0.5, 0.6) is 0 Å². The first-order chi connectivity index (χ1) is 9.51. The zero-order valence-corrected chi connectivity index (χ0v) is 10.9. The molecule has 0 radical (unpaired) electrons. The monoisotopic (exact) mass is 298 g/mol. The number of rotatable bonds is 4. The van der Waals surface area contributed by atoms with E-state index < -0.39 is 16.6 Å². The van der Waals surface area contributed by atoms with Gasteiger partial charge in [0.1, 0.15) is 17.8 Å². The van der Waals surface area contributed by atoms with E-state index in [0.29, 0.717) is 6.07 Å². The van der Waals surface area contributed by atoms with Gasteiger partial charge in [-0.1, -0.05) is 11.8 Å². The number of nitro groups is 1. The van der Waals surface area contributed by atoms with Crippen LogP contribution in [0, 0.1) is 21.7 Å². The Balaban J connectivity index is 2.43. The van der Waals surface area contributed by atoms with Gasteiger partial charge in [-0.3, -0.25) is 10.1 Å². The molecule has 1 aromatic heterocycles. The molecule has 0 spiro atoms. The Morgan fingerprint density at radius 3 is 2.75 bits per heavy atom. The lowest BCUT2D eigenvalue weighted by Gasteiger charge is -2.05. The topological polar surface area (TPSA) is 81.0 Å². The van der Waals surface area contributed by atoms with E-state index in [1.807, 2.05) is 0 Å². The summed E-state index contributed by atoms with van der Waals surface area (Å²) < 4.78 is 26.4. The van der Waals surface area contributed by atoms with Crippen LogP contribution in [0.25, 0.3) is 0 Å². The molecule has 20 heavy (non-hydrogen) atoms. The highest BCUT2D eigenvalue weighted by molar-refractivity contribution is 7.99. The van der Waals surface area contributed by atoms with E-state index in [4.69, 9.17) is 0 Å². The molecule has 0 amide bonds. The van der Waals surface area contributed by atoms with Gasteiger partial charge in [-0.2, -0.15) is 4.98 Å². The summed E-state index contributed by atoms with van der Waals surface area (Å²) in [6, 6.07) is 2.96. The van der Waals surface area contributed by atoms with Crippen LogP contribution < -0.4 is 5.32 Å². The van der Waals surface area contributed by atoms with Gasteiger partial charge < -0.3 is 5.32 Å². The second-order valence-electron chi connectivity index (χ2n) is 3.57. The fourth-order valence-corrected chi connectivity index (χ4v) is 2.21. The van der Waals surface area contributed by atoms with E-state index in [-0.39, 0.29) is 21.6 Å². The van der Waals surface area contributed by atoms with Crippen molar-refractivity contribution in [1.29, 1.82) is 0 Å². The van der Waals surface area contributed by atoms with Crippen LogP contribution in [0.15, 0.2) is 34.3 Å². The molecule has 2 rings (SSSR count). The van der Waals surface area contributed by atoms with Gasteiger partial charge >= 0.3 is 5.69 Å². The summed E-state index contributed by atoms with van der Waals surface area (Å²) in [5, 5.41) is 13.5. The Morgan fingerprint density at radius 1 is 1.40 bits per heavy atom. The smallest absolute Gasteiger partial charge is 0.320 e. The fourth-order valence-electron chi connectivity index (χ4n) is 1.34. The number of benzene rings is 1. The lowest BCUT2D eigenvalue weighted by atomic mass is 10.3. The molecule has 0 fully saturated rings. The lowest BCUT2D eigenvalue weighted by Crippen LogP contribution is -2.01. The molecule has 0 unspecified atom stereocenters. The van der Waals surface area contributed by atoms with Gasteiger partial charge in [0.2, 0.25) is 5.95 Å². The molecule has 9 heteroatoms. The van der Waals surface area contributed by atoms with Crippen molar-refractivity contribution in [3.63, 3.8) is 0 Å². The second kappa shape index (κ2) is 5.78. The third-order valence-corrected chi connectivity index (χ3v) is 3.30. The average molecular weight is 298 g/mol. The summed E-state index contributed by atoms with van der Waals surface area (Å²) in [5.41, 5.74) is -0.349. The van der Waals surface area contributed by atoms with Crippen molar-refractivity contribution in [2.75, 3.05) is 12.4 Å². The van der Waals surface area contributed by atoms with E-state index in [1.54, 1.807) is 7.05 Å². The van der Waals surface area contributed by atoms with Crippen LogP contribution in [0.4, 0.5) is 20.4 Å². The molecule has 1 heterocycles. The molecule has 104 valence electrons. The van der Waals surface area contributed by atoms with Gasteiger partial charge in [-0.05, 0) is 12.1 Å². The zero-order valence-electron chi connectivity index (χ0n) is 10.1. The van der Waals surface area contributed by atoms with Crippen LogP contribution in [-0.2, 0) is 0 Å². The first kappa shape index (κ1) is 14.1. The van der Waals surface area contributed by atoms with Gasteiger partial charge in [-0.25, -0.2) is 13.8 Å². The minimum Gasteiger partial charge on any atom is -0.357 e. The number of nitrogens with zero attached hydrogens (tertiary/aromatic N) is 3. The number of nitrogens with one attached hydrogen (secondary N) is 1. The highest BCUT2D eigenvalue weighted by Crippen LogP contribution is 2.34. The Hall–Kier alpha value is -2.29. The first-order valence-electron chi connectivity index (χ1n) is 5.33. The third kappa shape index (κ3) is 2.99. The van der Waals surface area contributed by atoms with Crippen molar-refractivity contribution in [2.24, 2.45) is 0 Å². The van der Waals surface area contributed by atoms with Crippen LogP contribution >= 0.6 is 11.8 Å². The molecule has 2 aromatic rings. The molecule has 0 saturated heterocycles. The highest BCUT2D eigenvalue weighted by atomic mass is 32.2. The maximum atomic E-state index is 13.6. The van der Waals surface area contributed by atoms with E-state index >= 15 is 0 Å². The summed E-state index contributed by atoms with van der Waals surface area (Å²) in [6.07, 6.45) is 1.03. The maximum absolute atomic E-state index is 13.6. The van der Waals surface area contributed by atoms with E-state index in [1.165, 1.54) is 6.07 Å². The second-order valence-corrected chi connectivity index (χ2v) is 4.60. The number of hydrogen-bond acceptors (Lipinski definition) is 6. The molecule has 6 nitrogen and oxygen atoms in total. The van der Waals surface area contributed by atoms with Crippen molar-refractivity contribution in [1.82, 2.24) is 9.97 Å². The molecule has 0 aliphatic rings. The molecular weight excluding hydrogens is 290 g/mol. The molecule has 0 aliphatic carbocycles. The van der Waals surface area contributed by atoms with Crippen LogP contribution in [0.2, 0.25) is 0 Å². The summed E-state index contributed by atoms with van der Waals surface area (Å²) in [6.45, 7) is 0. The number of hydrogen-bond donors (Lipinski definition) is 1. The Kier molecular flexibility index (Phi) is 4.08. The molecular formula is C11H8F2N4O2S. The quantitative estimate of drug-likeness (QED) is 0.531. The number of halogens is 2. The fraction of sp³-hybridized carbons (Fsp3) is 0.0909. The average Bonchev–Trinajstić information content (AvgIpc) is 2.41. The highest BCUT2D eigenvalue weighted by Gasteiger charge is 2.19. The van der Waals surface area contributed by atoms with Gasteiger partial charge in [0, 0.05) is 18.0 Å². The summed E-state index contributed by atoms with van der Waals surface area (Å²) >= 11 is 0.733.